The van der Waals surface area contributed by atoms with Gasteiger partial charge >= 0.3 is 7.12 Å². The number of hydrogen-bond acceptors (Lipinski definition) is 2. The molecular formula is C11H18BO2. The molecule has 2 bridgehead atoms. The van der Waals surface area contributed by atoms with Gasteiger partial charge in [-0.2, -0.15) is 0 Å². The summed E-state index contributed by atoms with van der Waals surface area (Å²) in [5.74, 6) is 1.49. The SMILES string of the molecule is [CH2]B1O[C@@H]2C[C@@H]3C[C@@H](C3(C)C)[C@]2(C)O1. The number of rotatable bonds is 0. The van der Waals surface area contributed by atoms with Crippen molar-refractivity contribution in [2.45, 2.75) is 45.3 Å². The molecule has 1 aliphatic heterocycles. The topological polar surface area (TPSA) is 18.5 Å². The Morgan fingerprint density at radius 1 is 1.29 bits per heavy atom. The second kappa shape index (κ2) is 2.38. The van der Waals surface area contributed by atoms with Gasteiger partial charge in [-0.15, -0.1) is 0 Å². The molecule has 4 aliphatic rings. The third-order valence-corrected chi connectivity index (χ3v) is 5.00. The average molecular weight is 193 g/mol. The van der Waals surface area contributed by atoms with Crippen molar-refractivity contribution >= 4 is 7.12 Å². The molecule has 0 aromatic rings. The maximum atomic E-state index is 5.91. The van der Waals surface area contributed by atoms with Crippen LogP contribution in [0, 0.1) is 24.1 Å². The van der Waals surface area contributed by atoms with Gasteiger partial charge in [-0.3, -0.25) is 0 Å². The first kappa shape index (κ1) is 9.23. The predicted octanol–water partition coefficient (Wildman–Crippen LogP) is 2.09. The van der Waals surface area contributed by atoms with Crippen molar-refractivity contribution in [1.82, 2.24) is 0 Å². The summed E-state index contributed by atoms with van der Waals surface area (Å²) >= 11 is 0. The highest BCUT2D eigenvalue weighted by molar-refractivity contribution is 6.47. The van der Waals surface area contributed by atoms with E-state index in [0.717, 1.165) is 12.3 Å². The van der Waals surface area contributed by atoms with E-state index in [-0.39, 0.29) is 12.7 Å². The number of hydrogen-bond donors (Lipinski definition) is 0. The molecular weight excluding hydrogens is 175 g/mol. The van der Waals surface area contributed by atoms with Gasteiger partial charge in [-0.25, -0.2) is 0 Å². The smallest absolute Gasteiger partial charge is 0.405 e. The van der Waals surface area contributed by atoms with E-state index in [0.29, 0.717) is 17.4 Å². The summed E-state index contributed by atoms with van der Waals surface area (Å²) in [6.45, 7) is 10.8. The Morgan fingerprint density at radius 2 is 2.00 bits per heavy atom. The van der Waals surface area contributed by atoms with Crippen LogP contribution in [-0.2, 0) is 9.31 Å². The van der Waals surface area contributed by atoms with Crippen molar-refractivity contribution in [2.75, 3.05) is 0 Å². The minimum atomic E-state index is -0.250. The second-order valence-corrected chi connectivity index (χ2v) is 5.90. The average Bonchev–Trinajstić information content (AvgIpc) is 2.37. The van der Waals surface area contributed by atoms with Gasteiger partial charge in [0.1, 0.15) is 0 Å². The van der Waals surface area contributed by atoms with Gasteiger partial charge in [0.05, 0.1) is 11.7 Å². The van der Waals surface area contributed by atoms with Gasteiger partial charge in [0.25, 0.3) is 0 Å². The van der Waals surface area contributed by atoms with Crippen LogP contribution in [0.3, 0.4) is 0 Å². The largest absolute Gasteiger partial charge is 0.457 e. The zero-order valence-corrected chi connectivity index (χ0v) is 9.25. The second-order valence-electron chi connectivity index (χ2n) is 5.90. The molecule has 1 saturated heterocycles. The van der Waals surface area contributed by atoms with Gasteiger partial charge in [-0.1, -0.05) is 13.8 Å². The van der Waals surface area contributed by atoms with Gasteiger partial charge in [-0.05, 0) is 43.8 Å². The summed E-state index contributed by atoms with van der Waals surface area (Å²) in [4.78, 5) is 0. The van der Waals surface area contributed by atoms with Crippen LogP contribution in [-0.4, -0.2) is 18.8 Å². The van der Waals surface area contributed by atoms with Crippen LogP contribution in [0.25, 0.3) is 0 Å². The molecule has 2 nitrogen and oxygen atoms in total. The highest BCUT2D eigenvalue weighted by Crippen LogP contribution is 2.65. The molecule has 77 valence electrons. The molecule has 4 atom stereocenters. The summed E-state index contributed by atoms with van der Waals surface area (Å²) in [5, 5.41) is 0. The van der Waals surface area contributed by atoms with Crippen LogP contribution in [0.15, 0.2) is 0 Å². The molecule has 3 heteroatoms. The van der Waals surface area contributed by atoms with E-state index in [1.54, 1.807) is 0 Å². The lowest BCUT2D eigenvalue weighted by Gasteiger charge is -2.64. The van der Waals surface area contributed by atoms with Crippen molar-refractivity contribution in [3.8, 4) is 0 Å². The lowest BCUT2D eigenvalue weighted by molar-refractivity contribution is -0.199. The van der Waals surface area contributed by atoms with Crippen molar-refractivity contribution < 1.29 is 9.31 Å². The van der Waals surface area contributed by atoms with Crippen LogP contribution >= 0.6 is 0 Å². The fourth-order valence-corrected chi connectivity index (χ4v) is 3.95. The lowest BCUT2D eigenvalue weighted by Crippen LogP contribution is -2.65. The summed E-state index contributed by atoms with van der Waals surface area (Å²) < 4.78 is 11.6. The van der Waals surface area contributed by atoms with Crippen molar-refractivity contribution in [3.63, 3.8) is 0 Å². The summed E-state index contributed by atoms with van der Waals surface area (Å²) in [7, 11) is -0.250. The Balaban J connectivity index is 1.95. The first-order chi connectivity index (χ1) is 6.44. The molecule has 3 saturated carbocycles. The quantitative estimate of drug-likeness (QED) is 0.548. The van der Waals surface area contributed by atoms with E-state index in [1.165, 1.54) is 6.42 Å². The Labute approximate surface area is 86.5 Å². The molecule has 14 heavy (non-hydrogen) atoms. The van der Waals surface area contributed by atoms with Crippen molar-refractivity contribution in [3.05, 3.63) is 6.82 Å². The van der Waals surface area contributed by atoms with E-state index >= 15 is 0 Å². The molecule has 4 rings (SSSR count). The molecule has 0 spiro atoms. The Bertz CT molecular complexity index is 278. The third-order valence-electron chi connectivity index (χ3n) is 5.00. The van der Waals surface area contributed by atoms with E-state index in [4.69, 9.17) is 9.31 Å². The highest BCUT2D eigenvalue weighted by atomic mass is 16.7. The first-order valence-corrected chi connectivity index (χ1v) is 5.61. The molecule has 4 fully saturated rings. The van der Waals surface area contributed by atoms with Crippen molar-refractivity contribution in [2.24, 2.45) is 17.3 Å². The minimum Gasteiger partial charge on any atom is -0.405 e. The van der Waals surface area contributed by atoms with E-state index in [2.05, 4.69) is 27.6 Å². The van der Waals surface area contributed by atoms with Gasteiger partial charge < -0.3 is 9.31 Å². The Morgan fingerprint density at radius 3 is 2.64 bits per heavy atom. The zero-order valence-electron chi connectivity index (χ0n) is 9.25. The fourth-order valence-electron chi connectivity index (χ4n) is 3.95. The molecule has 0 N–H and O–H groups in total. The van der Waals surface area contributed by atoms with Crippen LogP contribution in [0.4, 0.5) is 0 Å². The van der Waals surface area contributed by atoms with Crippen LogP contribution in [0.5, 0.6) is 0 Å². The molecule has 0 amide bonds. The fraction of sp³-hybridized carbons (Fsp3) is 0.909. The Kier molecular flexibility index (Phi) is 1.57. The van der Waals surface area contributed by atoms with Gasteiger partial charge in [0.2, 0.25) is 0 Å². The Hall–Kier alpha value is -0.0151. The molecule has 3 aliphatic carbocycles. The lowest BCUT2D eigenvalue weighted by atomic mass is 9.43. The minimum absolute atomic E-state index is 0.0648. The first-order valence-electron chi connectivity index (χ1n) is 5.61. The predicted molar refractivity (Wildman–Crippen MR) is 55.5 cm³/mol. The summed E-state index contributed by atoms with van der Waals surface area (Å²) in [6, 6.07) is 0. The van der Waals surface area contributed by atoms with E-state index in [9.17, 15) is 0 Å². The summed E-state index contributed by atoms with van der Waals surface area (Å²) in [6.07, 6.45) is 2.77. The van der Waals surface area contributed by atoms with Gasteiger partial charge in [0.15, 0.2) is 0 Å². The summed E-state index contributed by atoms with van der Waals surface area (Å²) in [5.41, 5.74) is 0.378. The van der Waals surface area contributed by atoms with Crippen LogP contribution in [0.1, 0.15) is 33.6 Å². The van der Waals surface area contributed by atoms with Gasteiger partial charge in [0, 0.05) is 0 Å². The van der Waals surface area contributed by atoms with E-state index < -0.39 is 0 Å². The molecule has 1 heterocycles. The van der Waals surface area contributed by atoms with Crippen molar-refractivity contribution in [1.29, 1.82) is 0 Å². The zero-order chi connectivity index (χ0) is 10.1. The monoisotopic (exact) mass is 193 g/mol. The van der Waals surface area contributed by atoms with Crippen LogP contribution < -0.4 is 0 Å². The molecule has 0 aromatic heterocycles. The molecule has 0 aromatic carbocycles. The maximum absolute atomic E-state index is 5.91. The molecule has 0 unspecified atom stereocenters. The molecule has 1 radical (unpaired) electrons. The highest BCUT2D eigenvalue weighted by Gasteiger charge is 2.67. The third kappa shape index (κ3) is 0.861. The van der Waals surface area contributed by atoms with Crippen LogP contribution in [0.2, 0.25) is 0 Å². The standard InChI is InChI=1S/C11H18BO2/c1-10(2)7-5-8(10)11(3)9(6-7)13-12(4)14-11/h7-9H,4-6H2,1-3H3/t7-,8-,9+,11-/m0/s1. The maximum Gasteiger partial charge on any atom is 0.457 e. The normalized spacial score (nSPS) is 54.0. The van der Waals surface area contributed by atoms with E-state index in [1.807, 2.05) is 0 Å².